The highest BCUT2D eigenvalue weighted by atomic mass is 16.2. The molecule has 1 atom stereocenters. The zero-order valence-electron chi connectivity index (χ0n) is 16.4. The molecule has 1 amide bonds. The summed E-state index contributed by atoms with van der Waals surface area (Å²) in [5.41, 5.74) is 4.19. The number of carbonyl (C=O) groups is 1. The van der Waals surface area contributed by atoms with Gasteiger partial charge in [-0.2, -0.15) is 0 Å². The monoisotopic (exact) mass is 375 g/mol. The number of carbonyl (C=O) groups excluding carboxylic acids is 1. The predicted octanol–water partition coefficient (Wildman–Crippen LogP) is 2.86. The summed E-state index contributed by atoms with van der Waals surface area (Å²) in [4.78, 5) is 29.9. The summed E-state index contributed by atoms with van der Waals surface area (Å²) in [6.45, 7) is 6.81. The molecule has 1 aliphatic heterocycles. The van der Waals surface area contributed by atoms with Gasteiger partial charge in [0.15, 0.2) is 0 Å². The van der Waals surface area contributed by atoms with Crippen LogP contribution in [-0.4, -0.2) is 51.9 Å². The van der Waals surface area contributed by atoms with Crippen molar-refractivity contribution in [2.24, 2.45) is 5.92 Å². The number of hydrogen-bond acceptors (Lipinski definition) is 5. The van der Waals surface area contributed by atoms with E-state index in [4.69, 9.17) is 0 Å². The van der Waals surface area contributed by atoms with Gasteiger partial charge in [-0.15, -0.1) is 0 Å². The molecule has 6 nitrogen and oxygen atoms in total. The van der Waals surface area contributed by atoms with Gasteiger partial charge in [0.1, 0.15) is 5.82 Å². The summed E-state index contributed by atoms with van der Waals surface area (Å²) in [7, 11) is 0. The van der Waals surface area contributed by atoms with E-state index in [-0.39, 0.29) is 5.91 Å². The van der Waals surface area contributed by atoms with Crippen molar-refractivity contribution in [1.29, 1.82) is 0 Å². The van der Waals surface area contributed by atoms with Crippen molar-refractivity contribution in [2.45, 2.75) is 20.3 Å². The molecule has 1 fully saturated rings. The van der Waals surface area contributed by atoms with Crippen LogP contribution < -0.4 is 4.90 Å². The summed E-state index contributed by atoms with van der Waals surface area (Å²) in [6.07, 6.45) is 6.41. The van der Waals surface area contributed by atoms with Crippen LogP contribution in [0.3, 0.4) is 0 Å². The Morgan fingerprint density at radius 2 is 1.96 bits per heavy atom. The summed E-state index contributed by atoms with van der Waals surface area (Å²) in [6, 6.07) is 10.1. The molecule has 0 saturated carbocycles. The highest BCUT2D eigenvalue weighted by Gasteiger charge is 2.25. The molecule has 28 heavy (non-hydrogen) atoms. The molecule has 0 aliphatic carbocycles. The molecule has 0 spiro atoms. The molecule has 144 valence electrons. The first kappa shape index (κ1) is 18.3. The van der Waals surface area contributed by atoms with E-state index in [1.165, 1.54) is 5.56 Å². The second-order valence-corrected chi connectivity index (χ2v) is 7.52. The number of aryl methyl sites for hydroxylation is 1. The second-order valence-electron chi connectivity index (χ2n) is 7.52. The van der Waals surface area contributed by atoms with Crippen LogP contribution in [-0.2, 0) is 11.2 Å². The number of amides is 1. The minimum absolute atomic E-state index is 0.126. The Hall–Kier alpha value is -3.02. The SMILES string of the molecule is CC(=O)N1CCN(c2ccc(C)cn2)CC(Cc2ccnc3cccnc23)C1. The van der Waals surface area contributed by atoms with Crippen molar-refractivity contribution in [3.05, 3.63) is 60.0 Å². The van der Waals surface area contributed by atoms with Crippen LogP contribution in [0.25, 0.3) is 11.0 Å². The minimum Gasteiger partial charge on any atom is -0.354 e. The van der Waals surface area contributed by atoms with Gasteiger partial charge in [0.2, 0.25) is 5.91 Å². The standard InChI is InChI=1S/C22H25N5O/c1-16-5-6-21(25-13-16)27-11-10-26(17(2)28)14-18(15-27)12-19-7-9-23-20-4-3-8-24-22(19)20/h3-9,13,18H,10-12,14-15H2,1-2H3. The van der Waals surface area contributed by atoms with E-state index in [1.54, 1.807) is 6.92 Å². The van der Waals surface area contributed by atoms with E-state index >= 15 is 0 Å². The highest BCUT2D eigenvalue weighted by Crippen LogP contribution is 2.23. The molecule has 0 aromatic carbocycles. The van der Waals surface area contributed by atoms with Gasteiger partial charge in [0.25, 0.3) is 0 Å². The van der Waals surface area contributed by atoms with Crippen LogP contribution in [0.1, 0.15) is 18.1 Å². The molecule has 1 saturated heterocycles. The number of fused-ring (bicyclic) bond motifs is 1. The maximum Gasteiger partial charge on any atom is 0.219 e. The number of aromatic nitrogens is 3. The smallest absolute Gasteiger partial charge is 0.219 e. The number of hydrogen-bond donors (Lipinski definition) is 0. The van der Waals surface area contributed by atoms with Crippen LogP contribution in [0, 0.1) is 12.8 Å². The average Bonchev–Trinajstić information content (AvgIpc) is 2.92. The lowest BCUT2D eigenvalue weighted by molar-refractivity contribution is -0.129. The third-order valence-corrected chi connectivity index (χ3v) is 5.35. The minimum atomic E-state index is 0.126. The molecule has 3 aromatic rings. The molecule has 4 heterocycles. The van der Waals surface area contributed by atoms with E-state index in [0.717, 1.165) is 55.0 Å². The van der Waals surface area contributed by atoms with Gasteiger partial charge in [-0.25, -0.2) is 4.98 Å². The first-order valence-electron chi connectivity index (χ1n) is 9.72. The zero-order chi connectivity index (χ0) is 19.5. The van der Waals surface area contributed by atoms with Crippen LogP contribution in [0.4, 0.5) is 5.82 Å². The maximum absolute atomic E-state index is 12.1. The summed E-state index contributed by atoms with van der Waals surface area (Å²) >= 11 is 0. The fourth-order valence-corrected chi connectivity index (χ4v) is 3.89. The zero-order valence-corrected chi connectivity index (χ0v) is 16.4. The molecule has 0 N–H and O–H groups in total. The fourth-order valence-electron chi connectivity index (χ4n) is 3.89. The van der Waals surface area contributed by atoms with Gasteiger partial charge in [-0.3, -0.25) is 14.8 Å². The fraction of sp³-hybridized carbons (Fsp3) is 0.364. The number of anilines is 1. The van der Waals surface area contributed by atoms with E-state index in [0.29, 0.717) is 5.92 Å². The Bertz CT molecular complexity index is 967. The van der Waals surface area contributed by atoms with Crippen molar-refractivity contribution >= 4 is 22.8 Å². The Kier molecular flexibility index (Phi) is 5.19. The van der Waals surface area contributed by atoms with Crippen molar-refractivity contribution < 1.29 is 4.79 Å². The first-order valence-corrected chi connectivity index (χ1v) is 9.72. The van der Waals surface area contributed by atoms with Crippen LogP contribution in [0.2, 0.25) is 0 Å². The van der Waals surface area contributed by atoms with Crippen LogP contribution in [0.15, 0.2) is 48.9 Å². The number of rotatable bonds is 3. The normalized spacial score (nSPS) is 17.6. The Morgan fingerprint density at radius 3 is 2.75 bits per heavy atom. The lowest BCUT2D eigenvalue weighted by Gasteiger charge is -2.25. The third-order valence-electron chi connectivity index (χ3n) is 5.35. The van der Waals surface area contributed by atoms with Gasteiger partial charge < -0.3 is 9.80 Å². The van der Waals surface area contributed by atoms with Crippen LogP contribution in [0.5, 0.6) is 0 Å². The largest absolute Gasteiger partial charge is 0.354 e. The second kappa shape index (κ2) is 7.92. The summed E-state index contributed by atoms with van der Waals surface area (Å²) in [5, 5.41) is 0. The Labute approximate surface area is 165 Å². The Balaban J connectivity index is 1.62. The maximum atomic E-state index is 12.1. The van der Waals surface area contributed by atoms with Crippen LogP contribution >= 0.6 is 0 Å². The van der Waals surface area contributed by atoms with Gasteiger partial charge in [-0.05, 0) is 54.7 Å². The van der Waals surface area contributed by atoms with Crippen molar-refractivity contribution in [3.8, 4) is 0 Å². The Morgan fingerprint density at radius 1 is 1.07 bits per heavy atom. The molecule has 4 rings (SSSR count). The topological polar surface area (TPSA) is 62.2 Å². The average molecular weight is 375 g/mol. The molecular formula is C22H25N5O. The summed E-state index contributed by atoms with van der Waals surface area (Å²) < 4.78 is 0. The molecule has 0 radical (unpaired) electrons. The number of pyridine rings is 3. The number of nitrogens with zero attached hydrogens (tertiary/aromatic N) is 5. The molecule has 1 unspecified atom stereocenters. The molecule has 0 bridgehead atoms. The van der Waals surface area contributed by atoms with Crippen molar-refractivity contribution in [3.63, 3.8) is 0 Å². The van der Waals surface area contributed by atoms with Crippen molar-refractivity contribution in [2.75, 3.05) is 31.1 Å². The lowest BCUT2D eigenvalue weighted by atomic mass is 9.97. The molecule has 6 heteroatoms. The van der Waals surface area contributed by atoms with E-state index < -0.39 is 0 Å². The van der Waals surface area contributed by atoms with Gasteiger partial charge >= 0.3 is 0 Å². The molecular weight excluding hydrogens is 350 g/mol. The van der Waals surface area contributed by atoms with Crippen molar-refractivity contribution in [1.82, 2.24) is 19.9 Å². The molecule has 3 aromatic heterocycles. The predicted molar refractivity (Wildman–Crippen MR) is 110 cm³/mol. The molecule has 1 aliphatic rings. The van der Waals surface area contributed by atoms with Gasteiger partial charge in [0.05, 0.1) is 11.0 Å². The third kappa shape index (κ3) is 3.96. The highest BCUT2D eigenvalue weighted by molar-refractivity contribution is 5.77. The summed E-state index contributed by atoms with van der Waals surface area (Å²) in [5.74, 6) is 1.39. The first-order chi connectivity index (χ1) is 13.6. The quantitative estimate of drug-likeness (QED) is 0.704. The van der Waals surface area contributed by atoms with Gasteiger partial charge in [0, 0.05) is 51.7 Å². The lowest BCUT2D eigenvalue weighted by Crippen LogP contribution is -2.34. The van der Waals surface area contributed by atoms with E-state index in [2.05, 4.69) is 32.0 Å². The van der Waals surface area contributed by atoms with Gasteiger partial charge in [-0.1, -0.05) is 6.07 Å². The van der Waals surface area contributed by atoms with E-state index in [9.17, 15) is 4.79 Å². The van der Waals surface area contributed by atoms with E-state index in [1.807, 2.05) is 48.6 Å².